The lowest BCUT2D eigenvalue weighted by Crippen LogP contribution is -2.39. The zero-order valence-electron chi connectivity index (χ0n) is 14.7. The molecule has 0 atom stereocenters. The largest absolute Gasteiger partial charge is 0.480 e. The molecule has 138 valence electrons. The predicted octanol–water partition coefficient (Wildman–Crippen LogP) is 3.20. The van der Waals surface area contributed by atoms with Crippen molar-refractivity contribution < 1.29 is 24.2 Å². The molecule has 9 heteroatoms. The first-order valence-electron chi connectivity index (χ1n) is 8.04. The molecule has 0 aromatic heterocycles. The molecule has 0 aliphatic carbocycles. The van der Waals surface area contributed by atoms with E-state index >= 15 is 0 Å². The van der Waals surface area contributed by atoms with Crippen molar-refractivity contribution in [1.29, 1.82) is 0 Å². The van der Waals surface area contributed by atoms with Crippen molar-refractivity contribution in [3.8, 4) is 0 Å². The molecular formula is C15H28N4O5. The van der Waals surface area contributed by atoms with Crippen LogP contribution >= 0.6 is 0 Å². The van der Waals surface area contributed by atoms with Gasteiger partial charge in [-0.05, 0) is 39.1 Å². The molecule has 0 bridgehead atoms. The highest BCUT2D eigenvalue weighted by Gasteiger charge is 2.21. The van der Waals surface area contributed by atoms with Gasteiger partial charge in [-0.1, -0.05) is 18.0 Å². The Morgan fingerprint density at radius 1 is 1.17 bits per heavy atom. The molecule has 0 aromatic carbocycles. The van der Waals surface area contributed by atoms with E-state index in [0.717, 1.165) is 25.7 Å². The van der Waals surface area contributed by atoms with Gasteiger partial charge >= 0.3 is 12.1 Å². The molecule has 0 aliphatic rings. The lowest BCUT2D eigenvalue weighted by atomic mass is 10.2. The van der Waals surface area contributed by atoms with E-state index in [1.165, 1.54) is 4.90 Å². The summed E-state index contributed by atoms with van der Waals surface area (Å²) in [7, 11) is 0. The molecule has 0 heterocycles. The maximum absolute atomic E-state index is 12.2. The zero-order chi connectivity index (χ0) is 18.4. The normalized spacial score (nSPS) is 10.8. The van der Waals surface area contributed by atoms with Crippen molar-refractivity contribution in [3.63, 3.8) is 0 Å². The molecule has 0 aliphatic heterocycles. The summed E-state index contributed by atoms with van der Waals surface area (Å²) in [4.78, 5) is 26.8. The highest BCUT2D eigenvalue weighted by molar-refractivity contribution is 5.68. The van der Waals surface area contributed by atoms with E-state index in [0.29, 0.717) is 13.1 Å². The van der Waals surface area contributed by atoms with Crippen molar-refractivity contribution in [3.05, 3.63) is 10.4 Å². The van der Waals surface area contributed by atoms with Gasteiger partial charge in [-0.3, -0.25) is 0 Å². The number of hydrogen-bond donors (Lipinski definition) is 1. The van der Waals surface area contributed by atoms with Gasteiger partial charge in [0.1, 0.15) is 12.2 Å². The number of carboxylic acids is 1. The van der Waals surface area contributed by atoms with Gasteiger partial charge in [-0.25, -0.2) is 9.59 Å². The van der Waals surface area contributed by atoms with E-state index in [1.54, 1.807) is 20.8 Å². The third-order valence-corrected chi connectivity index (χ3v) is 2.88. The van der Waals surface area contributed by atoms with Gasteiger partial charge in [0.25, 0.3) is 0 Å². The molecule has 1 amide bonds. The number of carbonyl (C=O) groups is 2. The van der Waals surface area contributed by atoms with E-state index in [4.69, 9.17) is 20.1 Å². The minimum Gasteiger partial charge on any atom is -0.480 e. The number of ether oxygens (including phenoxy) is 2. The van der Waals surface area contributed by atoms with E-state index < -0.39 is 17.7 Å². The first kappa shape index (κ1) is 22.0. The third-order valence-electron chi connectivity index (χ3n) is 2.88. The Morgan fingerprint density at radius 2 is 1.83 bits per heavy atom. The van der Waals surface area contributed by atoms with Gasteiger partial charge in [0.2, 0.25) is 0 Å². The molecular weight excluding hydrogens is 316 g/mol. The Kier molecular flexibility index (Phi) is 11.4. The van der Waals surface area contributed by atoms with Crippen molar-refractivity contribution in [2.24, 2.45) is 5.11 Å². The standard InChI is InChI=1S/C15H28N4O5/c1-15(2,3)24-14(22)19(10-11-23-12-13(20)21)9-7-5-4-6-8-17-18-16/h4-12H2,1-3H3,(H,20,21). The third kappa shape index (κ3) is 13.7. The number of unbranched alkanes of at least 4 members (excludes halogenated alkanes) is 3. The Labute approximate surface area is 142 Å². The fraction of sp³-hybridized carbons (Fsp3) is 0.867. The van der Waals surface area contributed by atoms with Crippen LogP contribution in [0.3, 0.4) is 0 Å². The Hall–Kier alpha value is -1.99. The summed E-state index contributed by atoms with van der Waals surface area (Å²) in [6.07, 6.45) is 2.98. The molecule has 0 fully saturated rings. The first-order chi connectivity index (χ1) is 11.3. The number of hydrogen-bond acceptors (Lipinski definition) is 5. The summed E-state index contributed by atoms with van der Waals surface area (Å²) < 4.78 is 10.3. The summed E-state index contributed by atoms with van der Waals surface area (Å²) in [5, 5.41) is 12.0. The van der Waals surface area contributed by atoms with Crippen molar-refractivity contribution >= 4 is 12.1 Å². The second-order valence-electron chi connectivity index (χ2n) is 6.28. The number of carbonyl (C=O) groups excluding carboxylic acids is 1. The molecule has 0 spiro atoms. The van der Waals surface area contributed by atoms with Gasteiger partial charge in [-0.15, -0.1) is 0 Å². The van der Waals surface area contributed by atoms with Crippen LogP contribution in [0.2, 0.25) is 0 Å². The van der Waals surface area contributed by atoms with Crippen LogP contribution in [0.15, 0.2) is 5.11 Å². The number of azide groups is 1. The number of carboxylic acid groups (broad SMARTS) is 1. The smallest absolute Gasteiger partial charge is 0.410 e. The Morgan fingerprint density at radius 3 is 2.42 bits per heavy atom. The van der Waals surface area contributed by atoms with Crippen LogP contribution in [-0.2, 0) is 14.3 Å². The zero-order valence-corrected chi connectivity index (χ0v) is 14.7. The lowest BCUT2D eigenvalue weighted by Gasteiger charge is -2.27. The minimum atomic E-state index is -1.04. The van der Waals surface area contributed by atoms with Gasteiger partial charge in [0, 0.05) is 24.5 Å². The predicted molar refractivity (Wildman–Crippen MR) is 88.7 cm³/mol. The summed E-state index contributed by atoms with van der Waals surface area (Å²) in [6.45, 7) is 6.40. The fourth-order valence-corrected chi connectivity index (χ4v) is 1.84. The van der Waals surface area contributed by atoms with Gasteiger partial charge in [0.15, 0.2) is 0 Å². The molecule has 0 saturated carbocycles. The summed E-state index contributed by atoms with van der Waals surface area (Å²) in [5.41, 5.74) is 7.59. The quantitative estimate of drug-likeness (QED) is 0.252. The Balaban J connectivity index is 4.22. The van der Waals surface area contributed by atoms with Crippen LogP contribution in [0.5, 0.6) is 0 Å². The van der Waals surface area contributed by atoms with Crippen LogP contribution in [0.25, 0.3) is 10.4 Å². The average molecular weight is 344 g/mol. The van der Waals surface area contributed by atoms with E-state index in [2.05, 4.69) is 10.0 Å². The minimum absolute atomic E-state index is 0.141. The van der Waals surface area contributed by atoms with Crippen LogP contribution in [0.4, 0.5) is 4.79 Å². The van der Waals surface area contributed by atoms with Gasteiger partial charge in [0.05, 0.1) is 6.61 Å². The monoisotopic (exact) mass is 344 g/mol. The van der Waals surface area contributed by atoms with E-state index in [1.807, 2.05) is 0 Å². The molecule has 9 nitrogen and oxygen atoms in total. The van der Waals surface area contributed by atoms with Crippen LogP contribution < -0.4 is 0 Å². The summed E-state index contributed by atoms with van der Waals surface area (Å²) in [5.74, 6) is -1.04. The second kappa shape index (κ2) is 12.4. The molecule has 0 unspecified atom stereocenters. The number of rotatable bonds is 12. The van der Waals surface area contributed by atoms with Gasteiger partial charge < -0.3 is 19.5 Å². The lowest BCUT2D eigenvalue weighted by molar-refractivity contribution is -0.142. The summed E-state index contributed by atoms with van der Waals surface area (Å²) >= 11 is 0. The van der Waals surface area contributed by atoms with Crippen LogP contribution in [0.1, 0.15) is 46.5 Å². The van der Waals surface area contributed by atoms with Crippen LogP contribution in [-0.4, -0.2) is 60.5 Å². The van der Waals surface area contributed by atoms with Crippen molar-refractivity contribution in [2.75, 3.05) is 32.8 Å². The summed E-state index contributed by atoms with van der Waals surface area (Å²) in [6, 6.07) is 0. The SMILES string of the molecule is CC(C)(C)OC(=O)N(CCCCCCN=[N+]=[N-])CCOCC(=O)O. The number of aliphatic carboxylic acids is 1. The molecule has 24 heavy (non-hydrogen) atoms. The first-order valence-corrected chi connectivity index (χ1v) is 8.04. The molecule has 1 N–H and O–H groups in total. The maximum atomic E-state index is 12.2. The number of nitrogens with zero attached hydrogens (tertiary/aromatic N) is 4. The van der Waals surface area contributed by atoms with E-state index in [-0.39, 0.29) is 19.8 Å². The van der Waals surface area contributed by atoms with E-state index in [9.17, 15) is 9.59 Å². The topological polar surface area (TPSA) is 125 Å². The maximum Gasteiger partial charge on any atom is 0.410 e. The van der Waals surface area contributed by atoms with Crippen molar-refractivity contribution in [1.82, 2.24) is 4.90 Å². The fourth-order valence-electron chi connectivity index (χ4n) is 1.84. The second-order valence-corrected chi connectivity index (χ2v) is 6.28. The van der Waals surface area contributed by atoms with Gasteiger partial charge in [-0.2, -0.15) is 0 Å². The Bertz CT molecular complexity index is 430. The highest BCUT2D eigenvalue weighted by Crippen LogP contribution is 2.11. The van der Waals surface area contributed by atoms with Crippen LogP contribution in [0, 0.1) is 0 Å². The number of amides is 1. The molecule has 0 saturated heterocycles. The average Bonchev–Trinajstić information content (AvgIpc) is 2.46. The van der Waals surface area contributed by atoms with Crippen molar-refractivity contribution in [2.45, 2.75) is 52.1 Å². The molecule has 0 rings (SSSR count). The molecule has 0 aromatic rings. The molecule has 0 radical (unpaired) electrons. The highest BCUT2D eigenvalue weighted by atomic mass is 16.6.